The minimum Gasteiger partial charge on any atom is -0.461 e. The van der Waals surface area contributed by atoms with Crippen molar-refractivity contribution in [1.29, 1.82) is 0 Å². The van der Waals surface area contributed by atoms with Crippen LogP contribution < -0.4 is 20.7 Å². The van der Waals surface area contributed by atoms with Gasteiger partial charge in [0, 0.05) is 30.7 Å². The normalized spacial score (nSPS) is 24.2. The minimum absolute atomic E-state index is 0.103. The Morgan fingerprint density at radius 1 is 1.03 bits per heavy atom. The van der Waals surface area contributed by atoms with E-state index < -0.39 is 0 Å². The molecule has 2 unspecified atom stereocenters. The van der Waals surface area contributed by atoms with Crippen molar-refractivity contribution in [3.63, 3.8) is 0 Å². The number of nitrogens with one attached hydrogen (secondary N) is 1. The zero-order valence-corrected chi connectivity index (χ0v) is 22.5. The highest BCUT2D eigenvalue weighted by atomic mass is 32.1. The van der Waals surface area contributed by atoms with Gasteiger partial charge in [-0.1, -0.05) is 11.3 Å². The zero-order valence-electron chi connectivity index (χ0n) is 21.7. The number of nitrogen functional groups attached to an aromatic ring is 1. The van der Waals surface area contributed by atoms with Crippen molar-refractivity contribution in [2.24, 2.45) is 0 Å². The van der Waals surface area contributed by atoms with Gasteiger partial charge in [-0.2, -0.15) is 9.97 Å². The first-order valence-corrected chi connectivity index (χ1v) is 14.8. The summed E-state index contributed by atoms with van der Waals surface area (Å²) >= 11 is 1.15. The van der Waals surface area contributed by atoms with Gasteiger partial charge in [-0.15, -0.1) is 0 Å². The number of pyridine rings is 1. The molecule has 9 nitrogen and oxygen atoms in total. The summed E-state index contributed by atoms with van der Waals surface area (Å²) in [6.07, 6.45) is 7.13. The number of rotatable bonds is 5. The van der Waals surface area contributed by atoms with Crippen LogP contribution in [0.2, 0.25) is 0 Å². The fourth-order valence-corrected chi connectivity index (χ4v) is 8.02. The number of hydrogen-bond acceptors (Lipinski definition) is 10. The predicted molar refractivity (Wildman–Crippen MR) is 151 cm³/mol. The van der Waals surface area contributed by atoms with E-state index in [9.17, 15) is 4.39 Å². The molecule has 2 atom stereocenters. The topological polar surface area (TPSA) is 105 Å². The van der Waals surface area contributed by atoms with Gasteiger partial charge in [0.1, 0.15) is 18.2 Å². The largest absolute Gasteiger partial charge is 0.461 e. The third kappa shape index (κ3) is 3.93. The summed E-state index contributed by atoms with van der Waals surface area (Å²) in [6, 6.07) is 8.46. The molecule has 0 spiro atoms. The number of nitrogens with zero attached hydrogens (tertiary/aromatic N) is 6. The molecule has 3 aromatic heterocycles. The van der Waals surface area contributed by atoms with Crippen LogP contribution in [0.15, 0.2) is 24.3 Å². The molecule has 2 bridgehead atoms. The number of benzene rings is 1. The summed E-state index contributed by atoms with van der Waals surface area (Å²) in [7, 11) is 0. The first-order valence-electron chi connectivity index (χ1n) is 14.0. The molecule has 4 aliphatic heterocycles. The van der Waals surface area contributed by atoms with Crippen molar-refractivity contribution < 1.29 is 9.13 Å². The predicted octanol–water partition coefficient (Wildman–Crippen LogP) is 3.97. The first-order chi connectivity index (χ1) is 19.0. The van der Waals surface area contributed by atoms with E-state index >= 15 is 0 Å². The Bertz CT molecular complexity index is 1570. The van der Waals surface area contributed by atoms with Crippen LogP contribution in [0.4, 0.5) is 15.3 Å². The van der Waals surface area contributed by atoms with Gasteiger partial charge in [0.05, 0.1) is 26.8 Å². The molecule has 4 aromatic rings. The lowest BCUT2D eigenvalue weighted by molar-refractivity contribution is 0.108. The van der Waals surface area contributed by atoms with Gasteiger partial charge < -0.3 is 20.7 Å². The Kier molecular flexibility index (Phi) is 5.43. The van der Waals surface area contributed by atoms with Gasteiger partial charge >= 0.3 is 6.01 Å². The average molecular weight is 547 g/mol. The second-order valence-corrected chi connectivity index (χ2v) is 12.5. The lowest BCUT2D eigenvalue weighted by Crippen LogP contribution is -2.51. The molecular formula is C28H31FN8OS. The molecule has 1 aromatic carbocycles. The fourth-order valence-electron chi connectivity index (χ4n) is 7.26. The monoisotopic (exact) mass is 546 g/mol. The maximum absolute atomic E-state index is 14.5. The van der Waals surface area contributed by atoms with E-state index in [0.717, 1.165) is 67.1 Å². The average Bonchev–Trinajstić information content (AvgIpc) is 3.70. The van der Waals surface area contributed by atoms with Crippen molar-refractivity contribution in [2.75, 3.05) is 43.4 Å². The molecule has 39 heavy (non-hydrogen) atoms. The van der Waals surface area contributed by atoms with E-state index in [-0.39, 0.29) is 11.4 Å². The smallest absolute Gasteiger partial charge is 0.320 e. The third-order valence-electron chi connectivity index (χ3n) is 9.10. The zero-order chi connectivity index (χ0) is 26.1. The summed E-state index contributed by atoms with van der Waals surface area (Å²) in [6.45, 7) is 4.70. The highest BCUT2D eigenvalue weighted by Crippen LogP contribution is 2.40. The number of thiazole rings is 1. The summed E-state index contributed by atoms with van der Waals surface area (Å²) in [4.78, 5) is 24.1. The maximum atomic E-state index is 14.5. The van der Waals surface area contributed by atoms with Gasteiger partial charge in [0.15, 0.2) is 10.8 Å². The van der Waals surface area contributed by atoms with Gasteiger partial charge in [0.2, 0.25) is 0 Å². The van der Waals surface area contributed by atoms with Gasteiger partial charge in [-0.3, -0.25) is 4.90 Å². The van der Waals surface area contributed by atoms with Crippen molar-refractivity contribution in [3.8, 4) is 17.3 Å². The van der Waals surface area contributed by atoms with E-state index in [2.05, 4.69) is 20.1 Å². The standard InChI is InChI=1S/C28H31FN8OS/c29-20-7-5-18(22-23(20)39-26(30)33-22)21-8-6-19-24(32-21)34-27(38-15-28-9-1-11-37(28)12-2-10-28)35-25(19)36-13-16-3-4-17(14-36)31-16/h5-8,16-17,31H,1-4,9-15H2,(H2,30,33). The molecule has 3 N–H and O–H groups in total. The molecule has 8 rings (SSSR count). The van der Waals surface area contributed by atoms with E-state index in [1.807, 2.05) is 12.1 Å². The molecule has 0 saturated carbocycles. The highest BCUT2D eigenvalue weighted by Gasteiger charge is 2.45. The maximum Gasteiger partial charge on any atom is 0.320 e. The Hall–Kier alpha value is -3.15. The third-order valence-corrected chi connectivity index (χ3v) is 10.00. The molecule has 11 heteroatoms. The Balaban J connectivity index is 1.21. The van der Waals surface area contributed by atoms with Crippen molar-refractivity contribution >= 4 is 43.5 Å². The molecule has 0 aliphatic carbocycles. The summed E-state index contributed by atoms with van der Waals surface area (Å²) in [5.74, 6) is 0.548. The van der Waals surface area contributed by atoms with E-state index in [4.69, 9.17) is 25.4 Å². The van der Waals surface area contributed by atoms with E-state index in [1.54, 1.807) is 6.07 Å². The summed E-state index contributed by atoms with van der Waals surface area (Å²) < 4.78 is 21.3. The Labute approximate surface area is 229 Å². The molecule has 4 saturated heterocycles. The fraction of sp³-hybridized carbons (Fsp3) is 0.500. The Morgan fingerprint density at radius 2 is 1.82 bits per heavy atom. The molecule has 4 aliphatic rings. The van der Waals surface area contributed by atoms with Crippen LogP contribution in [0.1, 0.15) is 38.5 Å². The molecule has 7 heterocycles. The molecule has 202 valence electrons. The van der Waals surface area contributed by atoms with Gasteiger partial charge in [0.25, 0.3) is 0 Å². The second kappa shape index (κ2) is 8.94. The Morgan fingerprint density at radius 3 is 2.62 bits per heavy atom. The van der Waals surface area contributed by atoms with Crippen molar-refractivity contribution in [2.45, 2.75) is 56.1 Å². The number of nitrogens with two attached hydrogens (primary N) is 1. The van der Waals surface area contributed by atoms with Crippen LogP contribution in [-0.4, -0.2) is 75.2 Å². The number of fused-ring (bicyclic) bond motifs is 5. The molecular weight excluding hydrogens is 515 g/mol. The summed E-state index contributed by atoms with van der Waals surface area (Å²) in [5, 5.41) is 4.93. The first kappa shape index (κ1) is 23.7. The molecule has 0 radical (unpaired) electrons. The van der Waals surface area contributed by atoms with E-state index in [1.165, 1.54) is 31.7 Å². The summed E-state index contributed by atoms with van der Waals surface area (Å²) in [5.41, 5.74) is 8.54. The van der Waals surface area contributed by atoms with Crippen LogP contribution in [0, 0.1) is 5.82 Å². The van der Waals surface area contributed by atoms with E-state index in [0.29, 0.717) is 51.4 Å². The number of halogens is 1. The molecule has 0 amide bonds. The number of anilines is 2. The lowest BCUT2D eigenvalue weighted by Gasteiger charge is -2.34. The minimum atomic E-state index is -0.329. The van der Waals surface area contributed by atoms with Crippen LogP contribution >= 0.6 is 11.3 Å². The SMILES string of the molecule is Nc1nc2c(-c3ccc4c(N5CC6CCC(C5)N6)nc(OCC56CCCN5CCC6)nc4n3)ccc(F)c2s1. The molecule has 4 fully saturated rings. The highest BCUT2D eigenvalue weighted by molar-refractivity contribution is 7.22. The van der Waals surface area contributed by atoms with Crippen LogP contribution in [0.3, 0.4) is 0 Å². The van der Waals surface area contributed by atoms with Crippen LogP contribution in [-0.2, 0) is 0 Å². The van der Waals surface area contributed by atoms with Crippen molar-refractivity contribution in [3.05, 3.63) is 30.1 Å². The van der Waals surface area contributed by atoms with Crippen LogP contribution in [0.25, 0.3) is 32.5 Å². The van der Waals surface area contributed by atoms with Crippen LogP contribution in [0.5, 0.6) is 6.01 Å². The number of aromatic nitrogens is 4. The quantitative estimate of drug-likeness (QED) is 0.385. The number of hydrogen-bond donors (Lipinski definition) is 2. The number of ether oxygens (including phenoxy) is 1. The second-order valence-electron chi connectivity index (χ2n) is 11.5. The number of piperazine rings is 1. The lowest BCUT2D eigenvalue weighted by atomic mass is 9.95. The van der Waals surface area contributed by atoms with Gasteiger partial charge in [-0.05, 0) is 75.9 Å². The van der Waals surface area contributed by atoms with Gasteiger partial charge in [-0.25, -0.2) is 14.4 Å². The van der Waals surface area contributed by atoms with Crippen molar-refractivity contribution in [1.82, 2.24) is 30.2 Å².